The topological polar surface area (TPSA) is 67.2 Å². The van der Waals surface area contributed by atoms with E-state index >= 15 is 0 Å². The average molecular weight is 635 g/mol. The molecule has 1 aliphatic heterocycles. The van der Waals surface area contributed by atoms with Crippen molar-refractivity contribution in [3.8, 4) is 23.5 Å². The summed E-state index contributed by atoms with van der Waals surface area (Å²) >= 11 is 0. The molecule has 6 heteroatoms. The second kappa shape index (κ2) is 11.5. The maximum absolute atomic E-state index is 9.41. The number of nitriles is 2. The molecule has 0 bridgehead atoms. The van der Waals surface area contributed by atoms with Crippen LogP contribution in [-0.2, 0) is 0 Å². The molecule has 8 rings (SSSR count). The van der Waals surface area contributed by atoms with Gasteiger partial charge in [-0.15, -0.1) is 0 Å². The molecule has 0 radical (unpaired) electrons. The fraction of sp³-hybridized carbons (Fsp3) is 0.0476. The summed E-state index contributed by atoms with van der Waals surface area (Å²) in [5.74, 6) is 0.952. The molecule has 48 heavy (non-hydrogen) atoms. The number of nitrogens with zero attached hydrogens (tertiary/aromatic N) is 4. The fourth-order valence-electron chi connectivity index (χ4n) is 6.99. The van der Waals surface area contributed by atoms with E-state index in [-0.39, 0.29) is 0 Å². The Hall–Kier alpha value is -6.34. The monoisotopic (exact) mass is 634 g/mol. The zero-order chi connectivity index (χ0) is 32.8. The van der Waals surface area contributed by atoms with Gasteiger partial charge < -0.3 is 14.2 Å². The molecule has 7 aromatic rings. The molecule has 1 aliphatic rings. The molecule has 6 aromatic carbocycles. The lowest BCUT2D eigenvalue weighted by molar-refractivity contribution is 0.635. The van der Waals surface area contributed by atoms with Crippen molar-refractivity contribution in [2.75, 3.05) is 9.80 Å². The van der Waals surface area contributed by atoms with Crippen LogP contribution in [0.4, 0.5) is 34.1 Å². The summed E-state index contributed by atoms with van der Waals surface area (Å²) in [6.45, 7) is 4.81. The van der Waals surface area contributed by atoms with Crippen molar-refractivity contribution in [1.29, 1.82) is 10.5 Å². The molecule has 0 unspecified atom stereocenters. The summed E-state index contributed by atoms with van der Waals surface area (Å²) in [4.78, 5) is 4.42. The normalized spacial score (nSPS) is 12.5. The van der Waals surface area contributed by atoms with Crippen LogP contribution in [0.5, 0.6) is 0 Å². The molecular weight excluding hydrogens is 605 g/mol. The Morgan fingerprint density at radius 2 is 0.979 bits per heavy atom. The van der Waals surface area contributed by atoms with Gasteiger partial charge in [0.05, 0.1) is 23.3 Å². The first-order valence-electron chi connectivity index (χ1n) is 15.9. The zero-order valence-electron chi connectivity index (χ0n) is 26.6. The van der Waals surface area contributed by atoms with Gasteiger partial charge in [0.15, 0.2) is 0 Å². The summed E-state index contributed by atoms with van der Waals surface area (Å²) in [6.07, 6.45) is 0. The first-order chi connectivity index (χ1) is 23.5. The standard InChI is InChI=1S/C42H30N4OSi/c1-48(2)40-24-22-35(45(31-9-5-3-6-10-31)33-17-13-29(27-43)14-18-33)25-38(40)41-42(48)37-23-21-36(26-39(37)47-41)46(32-11-7-4-8-12-32)34-19-15-30(28-44)16-20-34/h3-26H,1-2H3. The van der Waals surface area contributed by atoms with E-state index < -0.39 is 8.07 Å². The van der Waals surface area contributed by atoms with Gasteiger partial charge in [0.1, 0.15) is 19.4 Å². The van der Waals surface area contributed by atoms with E-state index in [0.717, 1.165) is 56.4 Å². The van der Waals surface area contributed by atoms with Crippen LogP contribution in [0.1, 0.15) is 11.1 Å². The van der Waals surface area contributed by atoms with Crippen LogP contribution in [0.15, 0.2) is 150 Å². The molecule has 0 atom stereocenters. The largest absolute Gasteiger partial charge is 0.456 e. The Morgan fingerprint density at radius 1 is 0.521 bits per heavy atom. The highest BCUT2D eigenvalue weighted by Crippen LogP contribution is 2.42. The lowest BCUT2D eigenvalue weighted by Gasteiger charge is -2.27. The van der Waals surface area contributed by atoms with Crippen molar-refractivity contribution in [3.05, 3.63) is 157 Å². The number of benzene rings is 6. The highest BCUT2D eigenvalue weighted by atomic mass is 28.3. The van der Waals surface area contributed by atoms with Gasteiger partial charge in [-0.25, -0.2) is 0 Å². The van der Waals surface area contributed by atoms with Crippen molar-refractivity contribution in [1.82, 2.24) is 0 Å². The lowest BCUT2D eigenvalue weighted by atomic mass is 10.1. The van der Waals surface area contributed by atoms with E-state index in [1.165, 1.54) is 10.4 Å². The molecule has 0 saturated heterocycles. The van der Waals surface area contributed by atoms with Gasteiger partial charge in [-0.3, -0.25) is 0 Å². The van der Waals surface area contributed by atoms with E-state index in [1.807, 2.05) is 84.9 Å². The molecule has 0 spiro atoms. The minimum atomic E-state index is -2.10. The minimum Gasteiger partial charge on any atom is -0.456 e. The molecule has 1 aromatic heterocycles. The van der Waals surface area contributed by atoms with Gasteiger partial charge in [0, 0.05) is 51.1 Å². The summed E-state index contributed by atoms with van der Waals surface area (Å²) < 4.78 is 6.86. The van der Waals surface area contributed by atoms with Gasteiger partial charge in [0.25, 0.3) is 0 Å². The Labute approximate surface area is 280 Å². The van der Waals surface area contributed by atoms with Crippen LogP contribution in [-0.4, -0.2) is 8.07 Å². The molecule has 0 N–H and O–H groups in total. The van der Waals surface area contributed by atoms with Crippen LogP contribution < -0.4 is 20.2 Å². The summed E-state index contributed by atoms with van der Waals surface area (Å²) in [6, 6.07) is 53.7. The average Bonchev–Trinajstić information content (AvgIpc) is 3.62. The number of hydrogen-bond acceptors (Lipinski definition) is 5. The van der Waals surface area contributed by atoms with E-state index in [1.54, 1.807) is 0 Å². The van der Waals surface area contributed by atoms with Crippen LogP contribution in [0.3, 0.4) is 0 Å². The molecule has 0 aliphatic carbocycles. The molecule has 0 fully saturated rings. The smallest absolute Gasteiger partial charge is 0.136 e. The predicted octanol–water partition coefficient (Wildman–Crippen LogP) is 9.92. The van der Waals surface area contributed by atoms with Crippen molar-refractivity contribution in [3.63, 3.8) is 0 Å². The lowest BCUT2D eigenvalue weighted by Crippen LogP contribution is -2.49. The van der Waals surface area contributed by atoms with E-state index in [2.05, 4.69) is 95.7 Å². The highest BCUT2D eigenvalue weighted by Gasteiger charge is 2.42. The number of para-hydroxylation sites is 2. The first kappa shape index (κ1) is 29.1. The van der Waals surface area contributed by atoms with Crippen molar-refractivity contribution < 1.29 is 4.42 Å². The third-order valence-corrected chi connectivity index (χ3v) is 12.8. The number of fused-ring (bicyclic) bond motifs is 5. The second-order valence-corrected chi connectivity index (χ2v) is 16.8. The fourth-order valence-corrected chi connectivity index (χ4v) is 10.3. The van der Waals surface area contributed by atoms with Crippen molar-refractivity contribution in [2.45, 2.75) is 13.1 Å². The first-order valence-corrected chi connectivity index (χ1v) is 18.9. The van der Waals surface area contributed by atoms with Gasteiger partial charge in [-0.1, -0.05) is 55.6 Å². The Bertz CT molecular complexity index is 2380. The van der Waals surface area contributed by atoms with Crippen LogP contribution in [0.2, 0.25) is 13.1 Å². The van der Waals surface area contributed by atoms with E-state index in [9.17, 15) is 10.5 Å². The summed E-state index contributed by atoms with van der Waals surface area (Å²) in [5.41, 5.74) is 9.26. The number of furan rings is 1. The summed E-state index contributed by atoms with van der Waals surface area (Å²) in [7, 11) is -2.10. The Kier molecular flexibility index (Phi) is 6.95. The van der Waals surface area contributed by atoms with Gasteiger partial charge >= 0.3 is 0 Å². The number of anilines is 6. The predicted molar refractivity (Wildman–Crippen MR) is 197 cm³/mol. The quantitative estimate of drug-likeness (QED) is 0.170. The number of hydrogen-bond donors (Lipinski definition) is 0. The maximum atomic E-state index is 9.41. The van der Waals surface area contributed by atoms with Crippen LogP contribution in [0.25, 0.3) is 22.3 Å². The van der Waals surface area contributed by atoms with Crippen molar-refractivity contribution in [2.24, 2.45) is 0 Å². The van der Waals surface area contributed by atoms with Crippen LogP contribution in [0, 0.1) is 22.7 Å². The molecular formula is C42H30N4OSi. The third-order valence-electron chi connectivity index (χ3n) is 9.27. The molecule has 0 saturated carbocycles. The molecule has 2 heterocycles. The van der Waals surface area contributed by atoms with Crippen molar-refractivity contribution >= 4 is 63.5 Å². The minimum absolute atomic E-state index is 0.625. The van der Waals surface area contributed by atoms with Crippen LogP contribution >= 0.6 is 0 Å². The van der Waals surface area contributed by atoms with E-state index in [4.69, 9.17) is 4.42 Å². The van der Waals surface area contributed by atoms with Gasteiger partial charge in [-0.2, -0.15) is 10.5 Å². The Balaban J connectivity index is 1.26. The second-order valence-electron chi connectivity index (χ2n) is 12.5. The molecule has 228 valence electrons. The Morgan fingerprint density at radius 3 is 1.50 bits per heavy atom. The third kappa shape index (κ3) is 4.75. The molecule has 5 nitrogen and oxygen atoms in total. The maximum Gasteiger partial charge on any atom is 0.136 e. The van der Waals surface area contributed by atoms with Gasteiger partial charge in [0.2, 0.25) is 0 Å². The number of rotatable bonds is 6. The zero-order valence-corrected chi connectivity index (χ0v) is 27.6. The SMILES string of the molecule is C[Si]1(C)c2ccc(N(c3ccccc3)c3ccc(C#N)cc3)cc2-c2oc3cc(N(c4ccccc4)c4ccc(C#N)cc4)ccc3c21. The van der Waals surface area contributed by atoms with Gasteiger partial charge in [-0.05, 0) is 107 Å². The molecule has 0 amide bonds. The van der Waals surface area contributed by atoms with E-state index in [0.29, 0.717) is 11.1 Å². The highest BCUT2D eigenvalue weighted by molar-refractivity contribution is 7.05. The summed E-state index contributed by atoms with van der Waals surface area (Å²) in [5, 5.41) is 22.6.